The first-order chi connectivity index (χ1) is 18.7. The number of primary amides is 1. The monoisotopic (exact) mass is 541 g/mol. The van der Waals surface area contributed by atoms with Crippen molar-refractivity contribution in [3.8, 4) is 17.0 Å². The molecule has 0 saturated carbocycles. The van der Waals surface area contributed by atoms with E-state index in [0.29, 0.717) is 34.3 Å². The second-order valence-corrected chi connectivity index (χ2v) is 11.9. The van der Waals surface area contributed by atoms with Crippen LogP contribution < -0.4 is 15.8 Å². The Labute approximate surface area is 233 Å². The lowest BCUT2D eigenvalue weighted by molar-refractivity contribution is 0.0999. The summed E-state index contributed by atoms with van der Waals surface area (Å²) in [6.45, 7) is 9.38. The van der Waals surface area contributed by atoms with Crippen LogP contribution >= 0.6 is 11.3 Å². The zero-order valence-corrected chi connectivity index (χ0v) is 23.8. The second-order valence-electron chi connectivity index (χ2n) is 10.8. The number of carbonyl (C=O) groups is 2. The lowest BCUT2D eigenvalue weighted by atomic mass is 9.69. The third kappa shape index (κ3) is 5.28. The zero-order valence-electron chi connectivity index (χ0n) is 23.0. The second kappa shape index (κ2) is 10.8. The lowest BCUT2D eigenvalue weighted by Crippen LogP contribution is -2.29. The highest BCUT2D eigenvalue weighted by atomic mass is 32.1. The van der Waals surface area contributed by atoms with Crippen LogP contribution in [0.15, 0.2) is 54.6 Å². The number of nitrogens with one attached hydrogen (secondary N) is 1. The number of rotatable bonds is 8. The van der Waals surface area contributed by atoms with Gasteiger partial charge in [-0.15, -0.1) is 11.3 Å². The number of para-hydroxylation sites is 1. The highest BCUT2D eigenvalue weighted by Gasteiger charge is 2.35. The molecule has 0 spiro atoms. The summed E-state index contributed by atoms with van der Waals surface area (Å²) in [5, 5.41) is 4.35. The van der Waals surface area contributed by atoms with Gasteiger partial charge in [-0.2, -0.15) is 0 Å². The van der Waals surface area contributed by atoms with Crippen LogP contribution in [0.5, 0.6) is 5.75 Å². The van der Waals surface area contributed by atoms with Crippen LogP contribution in [0.25, 0.3) is 22.2 Å². The van der Waals surface area contributed by atoms with Crippen molar-refractivity contribution in [3.63, 3.8) is 0 Å². The number of ether oxygens (including phenoxy) is 1. The number of nitrogens with two attached hydrogens (primary N) is 1. The number of hydrogen-bond donors (Lipinski definition) is 2. The number of hydrogen-bond acceptors (Lipinski definition) is 5. The normalized spacial score (nSPS) is 15.1. The van der Waals surface area contributed by atoms with Gasteiger partial charge in [-0.1, -0.05) is 45.4 Å². The predicted molar refractivity (Wildman–Crippen MR) is 159 cm³/mol. The molecule has 0 fully saturated rings. The van der Waals surface area contributed by atoms with Crippen molar-refractivity contribution >= 4 is 39.1 Å². The molecule has 0 radical (unpaired) electrons. The van der Waals surface area contributed by atoms with E-state index in [-0.39, 0.29) is 11.3 Å². The highest BCUT2D eigenvalue weighted by molar-refractivity contribution is 7.17. The summed E-state index contributed by atoms with van der Waals surface area (Å²) in [6, 6.07) is 17.1. The zero-order chi connectivity index (χ0) is 27.7. The SMILES string of the molecule is CCOc1ccc(-c2cc(C(=O)Nc3sc4c(c3C(N)=O)CC[C@@H](C(C)(C)CC)C4)c3ccccc3n2)cc1. The van der Waals surface area contributed by atoms with Gasteiger partial charge in [0.25, 0.3) is 11.8 Å². The van der Waals surface area contributed by atoms with E-state index in [4.69, 9.17) is 15.5 Å². The van der Waals surface area contributed by atoms with E-state index < -0.39 is 5.91 Å². The van der Waals surface area contributed by atoms with Gasteiger partial charge in [0, 0.05) is 15.8 Å². The van der Waals surface area contributed by atoms with Crippen molar-refractivity contribution in [2.24, 2.45) is 17.1 Å². The largest absolute Gasteiger partial charge is 0.494 e. The molecule has 1 aliphatic carbocycles. The van der Waals surface area contributed by atoms with Gasteiger partial charge in [-0.25, -0.2) is 4.98 Å². The molecule has 1 aliphatic rings. The Balaban J connectivity index is 1.51. The number of anilines is 1. The number of pyridine rings is 1. The summed E-state index contributed by atoms with van der Waals surface area (Å²) in [5.74, 6) is 0.530. The lowest BCUT2D eigenvalue weighted by Gasteiger charge is -2.36. The van der Waals surface area contributed by atoms with Crippen LogP contribution in [-0.4, -0.2) is 23.4 Å². The van der Waals surface area contributed by atoms with Crippen LogP contribution in [-0.2, 0) is 12.8 Å². The number of thiophene rings is 1. The number of carbonyl (C=O) groups excluding carboxylic acids is 2. The molecule has 4 aromatic rings. The molecular weight excluding hydrogens is 506 g/mol. The van der Waals surface area contributed by atoms with E-state index in [2.05, 4.69) is 26.1 Å². The Morgan fingerprint density at radius 1 is 1.13 bits per heavy atom. The molecule has 7 heteroatoms. The van der Waals surface area contributed by atoms with Gasteiger partial charge in [0.05, 0.1) is 28.9 Å². The van der Waals surface area contributed by atoms with Crippen LogP contribution in [0.2, 0.25) is 0 Å². The Hall–Kier alpha value is -3.71. The minimum absolute atomic E-state index is 0.213. The Kier molecular flexibility index (Phi) is 7.45. The molecule has 1 atom stereocenters. The maximum absolute atomic E-state index is 13.8. The summed E-state index contributed by atoms with van der Waals surface area (Å²) in [4.78, 5) is 32.4. The van der Waals surface area contributed by atoms with Gasteiger partial charge >= 0.3 is 0 Å². The molecule has 2 aromatic carbocycles. The van der Waals surface area contributed by atoms with Crippen LogP contribution in [0.4, 0.5) is 5.00 Å². The van der Waals surface area contributed by atoms with Crippen molar-refractivity contribution in [1.82, 2.24) is 4.98 Å². The summed E-state index contributed by atoms with van der Waals surface area (Å²) in [6.07, 6.45) is 3.81. The van der Waals surface area contributed by atoms with E-state index in [1.165, 1.54) is 11.3 Å². The molecule has 2 aromatic heterocycles. The molecule has 0 bridgehead atoms. The fourth-order valence-corrected chi connectivity index (χ4v) is 6.79. The molecule has 39 heavy (non-hydrogen) atoms. The van der Waals surface area contributed by atoms with E-state index in [0.717, 1.165) is 58.3 Å². The van der Waals surface area contributed by atoms with E-state index in [1.54, 1.807) is 0 Å². The Morgan fingerprint density at radius 3 is 2.56 bits per heavy atom. The Morgan fingerprint density at radius 2 is 1.87 bits per heavy atom. The van der Waals surface area contributed by atoms with Crippen molar-refractivity contribution in [3.05, 3.63) is 76.2 Å². The number of aromatic nitrogens is 1. The average molecular weight is 542 g/mol. The molecule has 2 amide bonds. The van der Waals surface area contributed by atoms with Gasteiger partial charge in [-0.05, 0) is 79.5 Å². The van der Waals surface area contributed by atoms with Gasteiger partial charge in [-0.3, -0.25) is 9.59 Å². The molecule has 0 aliphatic heterocycles. The smallest absolute Gasteiger partial charge is 0.257 e. The average Bonchev–Trinajstić information content (AvgIpc) is 3.30. The van der Waals surface area contributed by atoms with E-state index in [1.807, 2.05) is 61.5 Å². The number of nitrogens with zero attached hydrogens (tertiary/aromatic N) is 1. The molecule has 5 rings (SSSR count). The van der Waals surface area contributed by atoms with Crippen molar-refractivity contribution < 1.29 is 14.3 Å². The highest BCUT2D eigenvalue weighted by Crippen LogP contribution is 2.45. The van der Waals surface area contributed by atoms with Gasteiger partial charge in [0.2, 0.25) is 0 Å². The van der Waals surface area contributed by atoms with Gasteiger partial charge in [0.1, 0.15) is 10.8 Å². The molecule has 3 N–H and O–H groups in total. The minimum Gasteiger partial charge on any atom is -0.494 e. The van der Waals surface area contributed by atoms with Crippen LogP contribution in [0.1, 0.15) is 71.7 Å². The van der Waals surface area contributed by atoms with Gasteiger partial charge in [0.15, 0.2) is 0 Å². The topological polar surface area (TPSA) is 94.3 Å². The fraction of sp³-hybridized carbons (Fsp3) is 0.344. The molecule has 2 heterocycles. The van der Waals surface area contributed by atoms with E-state index >= 15 is 0 Å². The number of amides is 2. The molecule has 0 saturated heterocycles. The molecule has 202 valence electrons. The first kappa shape index (κ1) is 26.9. The molecular formula is C32H35N3O3S. The maximum Gasteiger partial charge on any atom is 0.257 e. The van der Waals surface area contributed by atoms with Crippen molar-refractivity contribution in [2.75, 3.05) is 11.9 Å². The summed E-state index contributed by atoms with van der Waals surface area (Å²) in [5.41, 5.74) is 10.3. The molecule has 6 nitrogen and oxygen atoms in total. The third-order valence-corrected chi connectivity index (χ3v) is 9.35. The van der Waals surface area contributed by atoms with Crippen molar-refractivity contribution in [1.29, 1.82) is 0 Å². The molecule has 0 unspecified atom stereocenters. The first-order valence-electron chi connectivity index (χ1n) is 13.6. The standard InChI is InChI=1S/C32H35N3O3S/c1-5-32(3,4)20-13-16-23-27(17-20)39-31(28(23)29(33)36)35-30(37)24-18-26(34-25-10-8-7-9-22(24)25)19-11-14-21(15-12-19)38-6-2/h7-12,14-15,18,20H,5-6,13,16-17H2,1-4H3,(H2,33,36)(H,35,37)/t20-/m1/s1. The fourth-order valence-electron chi connectivity index (χ4n) is 5.46. The maximum atomic E-state index is 13.8. The quantitative estimate of drug-likeness (QED) is 0.246. The van der Waals surface area contributed by atoms with Crippen molar-refractivity contribution in [2.45, 2.75) is 53.4 Å². The minimum atomic E-state index is -0.495. The van der Waals surface area contributed by atoms with Crippen LogP contribution in [0, 0.1) is 11.3 Å². The van der Waals surface area contributed by atoms with Crippen LogP contribution in [0.3, 0.4) is 0 Å². The number of benzene rings is 2. The number of fused-ring (bicyclic) bond motifs is 2. The van der Waals surface area contributed by atoms with E-state index in [9.17, 15) is 9.59 Å². The third-order valence-electron chi connectivity index (χ3n) is 8.18. The Bertz CT molecular complexity index is 1540. The summed E-state index contributed by atoms with van der Waals surface area (Å²) < 4.78 is 5.57. The first-order valence-corrected chi connectivity index (χ1v) is 14.4. The summed E-state index contributed by atoms with van der Waals surface area (Å²) in [7, 11) is 0. The summed E-state index contributed by atoms with van der Waals surface area (Å²) >= 11 is 1.49. The van der Waals surface area contributed by atoms with Gasteiger partial charge < -0.3 is 15.8 Å². The predicted octanol–water partition coefficient (Wildman–Crippen LogP) is 7.25.